The Balaban J connectivity index is 2.30. The van der Waals surface area contributed by atoms with Gasteiger partial charge in [-0.3, -0.25) is 0 Å². The summed E-state index contributed by atoms with van der Waals surface area (Å²) in [7, 11) is 2.12. The van der Waals surface area contributed by atoms with Crippen molar-refractivity contribution in [2.24, 2.45) is 13.0 Å². The van der Waals surface area contributed by atoms with Gasteiger partial charge in [0, 0.05) is 31.0 Å². The van der Waals surface area contributed by atoms with Crippen molar-refractivity contribution in [3.05, 3.63) is 24.0 Å². The second kappa shape index (κ2) is 6.09. The highest BCUT2D eigenvalue weighted by atomic mass is 14.9. The first-order chi connectivity index (χ1) is 7.50. The molecule has 0 saturated heterocycles. The monoisotopic (exact) mass is 222 g/mol. The van der Waals surface area contributed by atoms with Gasteiger partial charge in [-0.15, -0.1) is 0 Å². The minimum absolute atomic E-state index is 0.590. The summed E-state index contributed by atoms with van der Waals surface area (Å²) in [6.07, 6.45) is 4.47. The molecule has 0 aliphatic rings. The second-order valence-corrected chi connectivity index (χ2v) is 5.25. The molecule has 1 aromatic heterocycles. The van der Waals surface area contributed by atoms with Gasteiger partial charge in [-0.25, -0.2) is 0 Å². The minimum Gasteiger partial charge on any atom is -0.354 e. The first-order valence-electron chi connectivity index (χ1n) is 6.37. The zero-order valence-corrected chi connectivity index (χ0v) is 11.3. The Morgan fingerprint density at radius 1 is 1.25 bits per heavy atom. The SMILES string of the molecule is CC(CCc1cccn1C)NC(C)C(C)C. The van der Waals surface area contributed by atoms with Gasteiger partial charge < -0.3 is 9.88 Å². The fraction of sp³-hybridized carbons (Fsp3) is 0.714. The lowest BCUT2D eigenvalue weighted by atomic mass is 10.0. The van der Waals surface area contributed by atoms with Crippen molar-refractivity contribution in [3.8, 4) is 0 Å². The Morgan fingerprint density at radius 2 is 1.94 bits per heavy atom. The first-order valence-corrected chi connectivity index (χ1v) is 6.37. The van der Waals surface area contributed by atoms with E-state index in [4.69, 9.17) is 0 Å². The molecule has 0 saturated carbocycles. The summed E-state index contributed by atoms with van der Waals surface area (Å²) in [6.45, 7) is 9.08. The molecule has 0 aliphatic carbocycles. The summed E-state index contributed by atoms with van der Waals surface area (Å²) in [5, 5.41) is 3.65. The molecular formula is C14H26N2. The molecule has 0 bridgehead atoms. The summed E-state index contributed by atoms with van der Waals surface area (Å²) in [4.78, 5) is 0. The third-order valence-electron chi connectivity index (χ3n) is 3.43. The Labute approximate surface area is 100 Å². The van der Waals surface area contributed by atoms with Crippen LogP contribution in [0.4, 0.5) is 0 Å². The van der Waals surface area contributed by atoms with Crippen LogP contribution in [-0.4, -0.2) is 16.7 Å². The molecule has 1 aromatic rings. The van der Waals surface area contributed by atoms with Gasteiger partial charge in [-0.05, 0) is 44.7 Å². The number of aryl methyl sites for hydroxylation is 2. The van der Waals surface area contributed by atoms with Crippen LogP contribution in [0.3, 0.4) is 0 Å². The van der Waals surface area contributed by atoms with Gasteiger partial charge in [-0.2, -0.15) is 0 Å². The highest BCUT2D eigenvalue weighted by Gasteiger charge is 2.10. The van der Waals surface area contributed by atoms with E-state index in [0.717, 1.165) is 6.42 Å². The molecule has 1 heterocycles. The minimum atomic E-state index is 0.590. The van der Waals surface area contributed by atoms with Gasteiger partial charge in [0.25, 0.3) is 0 Å². The van der Waals surface area contributed by atoms with E-state index < -0.39 is 0 Å². The van der Waals surface area contributed by atoms with Crippen molar-refractivity contribution in [2.45, 2.75) is 52.6 Å². The maximum atomic E-state index is 3.65. The van der Waals surface area contributed by atoms with Gasteiger partial charge in [0.05, 0.1) is 0 Å². The molecule has 0 radical (unpaired) electrons. The van der Waals surface area contributed by atoms with Crippen LogP contribution in [-0.2, 0) is 13.5 Å². The van der Waals surface area contributed by atoms with Crippen molar-refractivity contribution in [1.82, 2.24) is 9.88 Å². The van der Waals surface area contributed by atoms with Crippen molar-refractivity contribution in [2.75, 3.05) is 0 Å². The van der Waals surface area contributed by atoms with E-state index in [-0.39, 0.29) is 0 Å². The average molecular weight is 222 g/mol. The zero-order valence-electron chi connectivity index (χ0n) is 11.3. The summed E-state index contributed by atoms with van der Waals surface area (Å²) < 4.78 is 2.21. The summed E-state index contributed by atoms with van der Waals surface area (Å²) in [5.41, 5.74) is 1.42. The largest absolute Gasteiger partial charge is 0.354 e. The Hall–Kier alpha value is -0.760. The maximum Gasteiger partial charge on any atom is 0.0172 e. The smallest absolute Gasteiger partial charge is 0.0172 e. The topological polar surface area (TPSA) is 17.0 Å². The standard InChI is InChI=1S/C14H26N2/c1-11(2)13(4)15-12(3)8-9-14-7-6-10-16(14)5/h6-7,10-13,15H,8-9H2,1-5H3. The third-order valence-corrected chi connectivity index (χ3v) is 3.43. The van der Waals surface area contributed by atoms with E-state index in [1.807, 2.05) is 0 Å². The predicted molar refractivity (Wildman–Crippen MR) is 70.6 cm³/mol. The lowest BCUT2D eigenvalue weighted by Crippen LogP contribution is -2.38. The van der Waals surface area contributed by atoms with Crippen LogP contribution in [0.15, 0.2) is 18.3 Å². The highest BCUT2D eigenvalue weighted by molar-refractivity contribution is 5.06. The Bertz CT molecular complexity index is 301. The normalized spacial score (nSPS) is 15.4. The van der Waals surface area contributed by atoms with Gasteiger partial charge >= 0.3 is 0 Å². The molecule has 0 aliphatic heterocycles. The number of nitrogens with zero attached hydrogens (tertiary/aromatic N) is 1. The van der Waals surface area contributed by atoms with E-state index in [0.29, 0.717) is 18.0 Å². The lowest BCUT2D eigenvalue weighted by molar-refractivity contribution is 0.372. The number of hydrogen-bond acceptors (Lipinski definition) is 1. The van der Waals surface area contributed by atoms with Crippen LogP contribution in [0.5, 0.6) is 0 Å². The number of hydrogen-bond donors (Lipinski definition) is 1. The van der Waals surface area contributed by atoms with Crippen LogP contribution in [0.1, 0.15) is 39.8 Å². The van der Waals surface area contributed by atoms with E-state index in [1.165, 1.54) is 12.1 Å². The molecular weight excluding hydrogens is 196 g/mol. The summed E-state index contributed by atoms with van der Waals surface area (Å²) in [6, 6.07) is 5.51. The van der Waals surface area contributed by atoms with E-state index in [1.54, 1.807) is 0 Å². The molecule has 92 valence electrons. The average Bonchev–Trinajstić information content (AvgIpc) is 2.61. The van der Waals surface area contributed by atoms with E-state index >= 15 is 0 Å². The van der Waals surface area contributed by atoms with Crippen LogP contribution in [0, 0.1) is 5.92 Å². The molecule has 0 fully saturated rings. The maximum absolute atomic E-state index is 3.65. The molecule has 16 heavy (non-hydrogen) atoms. The van der Waals surface area contributed by atoms with Gasteiger partial charge in [0.2, 0.25) is 0 Å². The first kappa shape index (κ1) is 13.3. The predicted octanol–water partition coefficient (Wildman–Crippen LogP) is 2.98. The van der Waals surface area contributed by atoms with Crippen LogP contribution >= 0.6 is 0 Å². The molecule has 2 atom stereocenters. The number of rotatable bonds is 6. The summed E-state index contributed by atoms with van der Waals surface area (Å²) >= 11 is 0. The Kier molecular flexibility index (Phi) is 5.07. The van der Waals surface area contributed by atoms with Crippen molar-refractivity contribution < 1.29 is 0 Å². The van der Waals surface area contributed by atoms with E-state index in [2.05, 4.69) is 63.0 Å². The highest BCUT2D eigenvalue weighted by Crippen LogP contribution is 2.07. The number of nitrogens with one attached hydrogen (secondary N) is 1. The van der Waals surface area contributed by atoms with Gasteiger partial charge in [0.1, 0.15) is 0 Å². The quantitative estimate of drug-likeness (QED) is 0.783. The zero-order chi connectivity index (χ0) is 12.1. The Morgan fingerprint density at radius 3 is 2.44 bits per heavy atom. The molecule has 1 rings (SSSR count). The molecule has 2 unspecified atom stereocenters. The second-order valence-electron chi connectivity index (χ2n) is 5.25. The van der Waals surface area contributed by atoms with Gasteiger partial charge in [0.15, 0.2) is 0 Å². The third kappa shape index (κ3) is 4.01. The van der Waals surface area contributed by atoms with Gasteiger partial charge in [-0.1, -0.05) is 13.8 Å². The lowest BCUT2D eigenvalue weighted by Gasteiger charge is -2.23. The molecule has 1 N–H and O–H groups in total. The molecule has 0 amide bonds. The fourth-order valence-corrected chi connectivity index (χ4v) is 1.85. The van der Waals surface area contributed by atoms with Crippen molar-refractivity contribution in [3.63, 3.8) is 0 Å². The summed E-state index contributed by atoms with van der Waals surface area (Å²) in [5.74, 6) is 0.706. The fourth-order valence-electron chi connectivity index (χ4n) is 1.85. The van der Waals surface area contributed by atoms with Crippen molar-refractivity contribution >= 4 is 0 Å². The van der Waals surface area contributed by atoms with Crippen LogP contribution in [0.2, 0.25) is 0 Å². The van der Waals surface area contributed by atoms with Crippen molar-refractivity contribution in [1.29, 1.82) is 0 Å². The number of aromatic nitrogens is 1. The van der Waals surface area contributed by atoms with Crippen LogP contribution in [0.25, 0.3) is 0 Å². The van der Waals surface area contributed by atoms with Crippen LogP contribution < -0.4 is 5.32 Å². The molecule has 2 nitrogen and oxygen atoms in total. The molecule has 2 heteroatoms. The van der Waals surface area contributed by atoms with E-state index in [9.17, 15) is 0 Å². The molecule has 0 spiro atoms. The molecule has 0 aromatic carbocycles.